The molecule has 4 rings (SSSR count). The average molecular weight is 389 g/mol. The van der Waals surface area contributed by atoms with Crippen LogP contribution in [0, 0.1) is 23.2 Å². The highest BCUT2D eigenvalue weighted by Gasteiger charge is 2.39. The zero-order valence-corrected chi connectivity index (χ0v) is 16.4. The molecule has 0 saturated carbocycles. The van der Waals surface area contributed by atoms with Crippen molar-refractivity contribution in [2.45, 2.75) is 44.4 Å². The number of fused-ring (bicyclic) bond motifs is 1. The average Bonchev–Trinajstić information content (AvgIpc) is 3.02. The minimum Gasteiger partial charge on any atom is -0.360 e. The summed E-state index contributed by atoms with van der Waals surface area (Å²) in [5.74, 6) is 6.21. The maximum Gasteiger partial charge on any atom is 0.172 e. The second-order valence-corrected chi connectivity index (χ2v) is 7.65. The van der Waals surface area contributed by atoms with Crippen LogP contribution in [0.3, 0.4) is 0 Å². The van der Waals surface area contributed by atoms with Gasteiger partial charge in [0.2, 0.25) is 0 Å². The summed E-state index contributed by atoms with van der Waals surface area (Å²) in [5, 5.41) is 9.43. The van der Waals surface area contributed by atoms with Crippen LogP contribution in [0.2, 0.25) is 0 Å². The highest BCUT2D eigenvalue weighted by atomic mass is 19.1. The van der Waals surface area contributed by atoms with Crippen LogP contribution >= 0.6 is 0 Å². The molecule has 29 heavy (non-hydrogen) atoms. The van der Waals surface area contributed by atoms with Crippen molar-refractivity contribution in [2.24, 2.45) is 4.99 Å². The van der Waals surface area contributed by atoms with Gasteiger partial charge in [-0.25, -0.2) is 9.38 Å². The molecule has 3 aliphatic rings. The maximum absolute atomic E-state index is 12.9. The molecular weight excluding hydrogens is 365 g/mol. The summed E-state index contributed by atoms with van der Waals surface area (Å²) in [5.41, 5.74) is 3.67. The molecule has 2 atom stereocenters. The fourth-order valence-electron chi connectivity index (χ4n) is 4.50. The first-order valence-corrected chi connectivity index (χ1v) is 10.0. The summed E-state index contributed by atoms with van der Waals surface area (Å²) in [6.45, 7) is 6.38. The summed E-state index contributed by atoms with van der Waals surface area (Å²) in [6.07, 6.45) is 5.11. The van der Waals surface area contributed by atoms with Gasteiger partial charge >= 0.3 is 0 Å². The van der Waals surface area contributed by atoms with Crippen LogP contribution in [0.15, 0.2) is 46.7 Å². The van der Waals surface area contributed by atoms with E-state index in [1.807, 2.05) is 12.1 Å². The number of aromatic nitrogens is 1. The molecule has 6 heteroatoms. The molecule has 5 nitrogen and oxygen atoms in total. The first-order chi connectivity index (χ1) is 14.2. The van der Waals surface area contributed by atoms with Gasteiger partial charge in [-0.15, -0.1) is 0 Å². The minimum atomic E-state index is -0.540. The lowest BCUT2D eigenvalue weighted by molar-refractivity contribution is 0.110. The molecule has 4 heterocycles. The number of aliphatic imine (C=N–C) groups is 1. The number of pyridine rings is 1. The van der Waals surface area contributed by atoms with Gasteiger partial charge in [0, 0.05) is 56.5 Å². The number of rotatable bonds is 5. The Morgan fingerprint density at radius 2 is 2.17 bits per heavy atom. The van der Waals surface area contributed by atoms with Crippen molar-refractivity contribution in [1.29, 1.82) is 5.26 Å². The van der Waals surface area contributed by atoms with Crippen molar-refractivity contribution >= 4 is 6.21 Å². The van der Waals surface area contributed by atoms with Crippen molar-refractivity contribution in [3.05, 3.63) is 53.1 Å². The Kier molecular flexibility index (Phi) is 5.74. The number of piperazine rings is 1. The van der Waals surface area contributed by atoms with Gasteiger partial charge in [-0.1, -0.05) is 24.1 Å². The smallest absolute Gasteiger partial charge is 0.172 e. The van der Waals surface area contributed by atoms with Gasteiger partial charge in [-0.3, -0.25) is 9.88 Å². The number of hydrogen-bond acceptors (Lipinski definition) is 5. The molecule has 0 amide bonds. The summed E-state index contributed by atoms with van der Waals surface area (Å²) in [4.78, 5) is 13.4. The fraction of sp³-hybridized carbons (Fsp3) is 0.435. The lowest BCUT2D eigenvalue weighted by Gasteiger charge is -2.41. The van der Waals surface area contributed by atoms with Gasteiger partial charge in [0.15, 0.2) is 5.70 Å². The molecule has 0 bridgehead atoms. The molecule has 0 spiro atoms. The lowest BCUT2D eigenvalue weighted by Crippen LogP contribution is -2.52. The number of alkyl halides is 1. The van der Waals surface area contributed by atoms with Crippen molar-refractivity contribution < 1.29 is 4.39 Å². The Balaban J connectivity index is 1.43. The van der Waals surface area contributed by atoms with E-state index in [0.29, 0.717) is 36.3 Å². The number of nitrogens with zero attached hydrogens (tertiary/aromatic N) is 5. The van der Waals surface area contributed by atoms with Crippen LogP contribution < -0.4 is 0 Å². The van der Waals surface area contributed by atoms with E-state index in [9.17, 15) is 9.65 Å². The van der Waals surface area contributed by atoms with E-state index in [1.54, 1.807) is 12.3 Å². The zero-order chi connectivity index (χ0) is 20.2. The first-order valence-electron chi connectivity index (χ1n) is 10.0. The fourth-order valence-corrected chi connectivity index (χ4v) is 4.50. The Labute approximate surface area is 171 Å². The van der Waals surface area contributed by atoms with Crippen molar-refractivity contribution in [3.8, 4) is 17.9 Å². The number of nitriles is 1. The van der Waals surface area contributed by atoms with Gasteiger partial charge in [0.1, 0.15) is 18.4 Å². The van der Waals surface area contributed by atoms with Crippen molar-refractivity contribution in [2.75, 3.05) is 19.6 Å². The largest absolute Gasteiger partial charge is 0.360 e. The molecule has 0 aliphatic carbocycles. The topological polar surface area (TPSA) is 55.5 Å². The lowest BCUT2D eigenvalue weighted by atomic mass is 10.0. The van der Waals surface area contributed by atoms with E-state index in [-0.39, 0.29) is 0 Å². The number of halogens is 1. The van der Waals surface area contributed by atoms with Crippen molar-refractivity contribution in [1.82, 2.24) is 14.8 Å². The highest BCUT2D eigenvalue weighted by Crippen LogP contribution is 2.33. The monoisotopic (exact) mass is 389 g/mol. The number of hydrogen-bond donors (Lipinski definition) is 0. The summed E-state index contributed by atoms with van der Waals surface area (Å²) >= 11 is 0. The standard InChI is InChI=1S/C23H24FN5/c1-17(13-18-5-4-6-19(14-24)27-18)22-9-8-20-16-28(11-12-29(20)22)23-7-2-3-10-26-21(23)15-25/h4-6,10,20,22H,1,3,8-9,11-14,16H2/t20-,22?/m0/s1. The predicted molar refractivity (Wildman–Crippen MR) is 111 cm³/mol. The SMILES string of the molecule is C=C(Cc1cccc(CF)n1)C1CC[C@H]2CN(C3=C(C#N)N=CCC#C3)CCN12. The molecule has 1 aromatic heterocycles. The maximum atomic E-state index is 12.9. The minimum absolute atomic E-state index is 0.320. The Morgan fingerprint density at radius 1 is 1.31 bits per heavy atom. The van der Waals surface area contributed by atoms with Gasteiger partial charge in [0.25, 0.3) is 0 Å². The third kappa shape index (κ3) is 4.09. The zero-order valence-electron chi connectivity index (χ0n) is 16.4. The molecule has 2 saturated heterocycles. The second-order valence-electron chi connectivity index (χ2n) is 7.65. The molecule has 3 aliphatic heterocycles. The van der Waals surface area contributed by atoms with Crippen LogP contribution in [-0.2, 0) is 13.1 Å². The molecule has 1 unspecified atom stereocenters. The van der Waals surface area contributed by atoms with E-state index < -0.39 is 6.67 Å². The molecule has 0 aromatic carbocycles. The number of allylic oxidation sites excluding steroid dienone is 2. The van der Waals surface area contributed by atoms with E-state index in [4.69, 9.17) is 0 Å². The van der Waals surface area contributed by atoms with E-state index in [1.165, 1.54) is 0 Å². The molecule has 0 radical (unpaired) electrons. The Hall–Kier alpha value is -2.96. The van der Waals surface area contributed by atoms with Crippen LogP contribution in [-0.4, -0.2) is 52.7 Å². The molecular formula is C23H24FN5. The third-order valence-corrected chi connectivity index (χ3v) is 5.85. The Bertz CT molecular complexity index is 961. The second kappa shape index (κ2) is 8.59. The van der Waals surface area contributed by atoms with Crippen LogP contribution in [0.25, 0.3) is 0 Å². The van der Waals surface area contributed by atoms with Gasteiger partial charge in [0.05, 0.1) is 5.69 Å². The summed E-state index contributed by atoms with van der Waals surface area (Å²) in [7, 11) is 0. The predicted octanol–water partition coefficient (Wildman–Crippen LogP) is 3.01. The quantitative estimate of drug-likeness (QED) is 0.574. The first kappa shape index (κ1) is 19.4. The summed E-state index contributed by atoms with van der Waals surface area (Å²) in [6, 6.07) is 8.43. The van der Waals surface area contributed by atoms with Gasteiger partial charge in [-0.2, -0.15) is 5.26 Å². The van der Waals surface area contributed by atoms with Gasteiger partial charge < -0.3 is 4.90 Å². The van der Waals surface area contributed by atoms with E-state index in [2.05, 4.69) is 44.3 Å². The molecule has 0 N–H and O–H groups in total. The molecule has 1 aromatic rings. The Morgan fingerprint density at radius 3 is 3.00 bits per heavy atom. The van der Waals surface area contributed by atoms with E-state index in [0.717, 1.165) is 49.4 Å². The molecule has 2 fully saturated rings. The molecule has 148 valence electrons. The van der Waals surface area contributed by atoms with Crippen LogP contribution in [0.5, 0.6) is 0 Å². The van der Waals surface area contributed by atoms with E-state index >= 15 is 0 Å². The normalized spacial score (nSPS) is 23.8. The van der Waals surface area contributed by atoms with Crippen LogP contribution in [0.4, 0.5) is 4.39 Å². The van der Waals surface area contributed by atoms with Gasteiger partial charge in [-0.05, 0) is 30.9 Å². The highest BCUT2D eigenvalue weighted by molar-refractivity contribution is 5.66. The third-order valence-electron chi connectivity index (χ3n) is 5.85. The van der Waals surface area contributed by atoms with Crippen molar-refractivity contribution in [3.63, 3.8) is 0 Å². The van der Waals surface area contributed by atoms with Crippen LogP contribution in [0.1, 0.15) is 30.7 Å². The summed E-state index contributed by atoms with van der Waals surface area (Å²) < 4.78 is 12.9.